The van der Waals surface area contributed by atoms with Gasteiger partial charge in [-0.15, -0.1) is 11.8 Å². The Hall–Kier alpha value is -2.16. The van der Waals surface area contributed by atoms with E-state index in [4.69, 9.17) is 10.00 Å². The third kappa shape index (κ3) is 5.96. The number of carbonyl (C=O) groups is 3. The Morgan fingerprint density at radius 1 is 1.42 bits per heavy atom. The van der Waals surface area contributed by atoms with Crippen molar-refractivity contribution in [2.24, 2.45) is 11.8 Å². The first-order chi connectivity index (χ1) is 14.8. The Bertz CT molecular complexity index is 779. The lowest BCUT2D eigenvalue weighted by atomic mass is 9.77. The van der Waals surface area contributed by atoms with Crippen molar-refractivity contribution in [2.45, 2.75) is 31.9 Å². The highest BCUT2D eigenvalue weighted by Crippen LogP contribution is 2.52. The predicted molar refractivity (Wildman–Crippen MR) is 118 cm³/mol. The molecule has 0 spiro atoms. The standard InChI is InChI=1S/C20H27N3O6S2/c1-3-8-29-20(28)22-7-11-30-10-5-13-15-14(12(2)24)18(25)23(15)16(19(26)27)17(13)31-9-4-6-21/h3,12-15,24H,1,4-5,7-11H2,2H3,(H,22,28)(H,26,27)/t12-,13-,14-,15-/m1/s1. The summed E-state index contributed by atoms with van der Waals surface area (Å²) < 4.78 is 4.83. The van der Waals surface area contributed by atoms with Gasteiger partial charge in [-0.3, -0.25) is 4.79 Å². The molecule has 2 aliphatic rings. The molecule has 0 unspecified atom stereocenters. The van der Waals surface area contributed by atoms with Gasteiger partial charge in [0.25, 0.3) is 0 Å². The lowest BCUT2D eigenvalue weighted by molar-refractivity contribution is -0.163. The van der Waals surface area contributed by atoms with Gasteiger partial charge in [0.15, 0.2) is 0 Å². The lowest BCUT2D eigenvalue weighted by Gasteiger charge is -2.47. The van der Waals surface area contributed by atoms with Gasteiger partial charge in [0.2, 0.25) is 5.91 Å². The van der Waals surface area contributed by atoms with E-state index in [-0.39, 0.29) is 36.6 Å². The van der Waals surface area contributed by atoms with Gasteiger partial charge < -0.3 is 25.2 Å². The van der Waals surface area contributed by atoms with Crippen LogP contribution in [0.1, 0.15) is 19.8 Å². The molecule has 0 bridgehead atoms. The van der Waals surface area contributed by atoms with Gasteiger partial charge >= 0.3 is 12.1 Å². The number of rotatable bonds is 13. The number of aliphatic carboxylic acids is 1. The second kappa shape index (κ2) is 12.0. The van der Waals surface area contributed by atoms with Crippen LogP contribution in [0.15, 0.2) is 23.3 Å². The zero-order valence-corrected chi connectivity index (χ0v) is 18.9. The van der Waals surface area contributed by atoms with E-state index in [0.29, 0.717) is 35.1 Å². The molecular formula is C20H27N3O6S2. The summed E-state index contributed by atoms with van der Waals surface area (Å²) in [6.07, 6.45) is 0.998. The second-order valence-corrected chi connectivity index (χ2v) is 9.42. The summed E-state index contributed by atoms with van der Waals surface area (Å²) >= 11 is 2.90. The lowest BCUT2D eigenvalue weighted by Crippen LogP contribution is -2.63. The van der Waals surface area contributed by atoms with E-state index in [1.165, 1.54) is 22.7 Å². The van der Waals surface area contributed by atoms with E-state index >= 15 is 0 Å². The quantitative estimate of drug-likeness (QED) is 0.209. The third-order valence-corrected chi connectivity index (χ3v) is 7.26. The number of alkyl carbamates (subject to hydrolysis) is 1. The van der Waals surface area contributed by atoms with Crippen molar-refractivity contribution in [1.82, 2.24) is 10.2 Å². The van der Waals surface area contributed by atoms with E-state index in [1.807, 2.05) is 6.07 Å². The number of fused-ring (bicyclic) bond motifs is 1. The van der Waals surface area contributed by atoms with E-state index in [1.54, 1.807) is 18.7 Å². The minimum atomic E-state index is -1.17. The van der Waals surface area contributed by atoms with E-state index in [2.05, 4.69) is 11.9 Å². The summed E-state index contributed by atoms with van der Waals surface area (Å²) in [5.74, 6) is -0.585. The van der Waals surface area contributed by atoms with Crippen LogP contribution in [0.4, 0.5) is 4.79 Å². The molecule has 1 saturated heterocycles. The molecule has 170 valence electrons. The largest absolute Gasteiger partial charge is 0.477 e. The summed E-state index contributed by atoms with van der Waals surface area (Å²) in [5.41, 5.74) is -0.0172. The Kier molecular flexibility index (Phi) is 9.74. The molecule has 1 fully saturated rings. The maximum atomic E-state index is 12.5. The number of β-lactam (4-membered cyclic amide) rings is 1. The fraction of sp³-hybridized carbons (Fsp3) is 0.600. The molecule has 0 aromatic heterocycles. The molecule has 3 N–H and O–H groups in total. The van der Waals surface area contributed by atoms with Crippen molar-refractivity contribution in [3.05, 3.63) is 23.3 Å². The summed E-state index contributed by atoms with van der Waals surface area (Å²) in [6.45, 7) is 5.58. The van der Waals surface area contributed by atoms with Crippen molar-refractivity contribution in [1.29, 1.82) is 5.26 Å². The van der Waals surface area contributed by atoms with Crippen molar-refractivity contribution < 1.29 is 29.3 Å². The fourth-order valence-corrected chi connectivity index (χ4v) is 5.86. The van der Waals surface area contributed by atoms with Gasteiger partial charge in [-0.2, -0.15) is 17.0 Å². The van der Waals surface area contributed by atoms with E-state index in [9.17, 15) is 24.6 Å². The number of hydrogen-bond acceptors (Lipinski definition) is 8. The number of nitrogens with one attached hydrogen (secondary N) is 1. The molecule has 2 amide bonds. The number of ether oxygens (including phenoxy) is 1. The zero-order chi connectivity index (χ0) is 23.0. The number of hydrogen-bond donors (Lipinski definition) is 3. The van der Waals surface area contributed by atoms with Gasteiger partial charge in [-0.25, -0.2) is 9.59 Å². The highest BCUT2D eigenvalue weighted by Gasteiger charge is 2.60. The predicted octanol–water partition coefficient (Wildman–Crippen LogP) is 1.80. The summed E-state index contributed by atoms with van der Waals surface area (Å²) in [6, 6.07) is 1.67. The Morgan fingerprint density at radius 3 is 2.77 bits per heavy atom. The molecule has 31 heavy (non-hydrogen) atoms. The molecule has 0 radical (unpaired) electrons. The number of thioether (sulfide) groups is 2. The number of amides is 2. The number of nitriles is 1. The summed E-state index contributed by atoms with van der Waals surface area (Å²) in [7, 11) is 0. The molecule has 4 atom stereocenters. The van der Waals surface area contributed by atoms with Gasteiger partial charge in [0.1, 0.15) is 12.3 Å². The number of aliphatic hydroxyl groups excluding tert-OH is 1. The van der Waals surface area contributed by atoms with Crippen LogP contribution in [0, 0.1) is 23.2 Å². The minimum absolute atomic E-state index is 0.0172. The monoisotopic (exact) mass is 469 g/mol. The van der Waals surface area contributed by atoms with Gasteiger partial charge in [-0.1, -0.05) is 12.7 Å². The van der Waals surface area contributed by atoms with Crippen LogP contribution in [0.5, 0.6) is 0 Å². The van der Waals surface area contributed by atoms with E-state index in [0.717, 1.165) is 0 Å². The Labute approximate surface area is 189 Å². The summed E-state index contributed by atoms with van der Waals surface area (Å²) in [5, 5.41) is 31.2. The number of carboxylic acids is 1. The summed E-state index contributed by atoms with van der Waals surface area (Å²) in [4.78, 5) is 37.7. The van der Waals surface area contributed by atoms with Crippen molar-refractivity contribution in [3.63, 3.8) is 0 Å². The highest BCUT2D eigenvalue weighted by atomic mass is 32.2. The van der Waals surface area contributed by atoms with Gasteiger partial charge in [0, 0.05) is 35.3 Å². The first-order valence-electron chi connectivity index (χ1n) is 9.92. The van der Waals surface area contributed by atoms with E-state index < -0.39 is 24.1 Å². The number of carbonyl (C=O) groups excluding carboxylic acids is 2. The molecule has 11 heteroatoms. The second-order valence-electron chi connectivity index (χ2n) is 7.06. The first-order valence-corrected chi connectivity index (χ1v) is 12.1. The average Bonchev–Trinajstić information content (AvgIpc) is 2.98. The molecule has 2 heterocycles. The molecular weight excluding hydrogens is 442 g/mol. The fourth-order valence-electron chi connectivity index (χ4n) is 3.78. The van der Waals surface area contributed by atoms with Gasteiger partial charge in [0.05, 0.1) is 24.1 Å². The molecule has 2 aliphatic heterocycles. The van der Waals surface area contributed by atoms with Crippen LogP contribution >= 0.6 is 23.5 Å². The number of carboxylic acid groups (broad SMARTS) is 1. The normalized spacial score (nSPS) is 22.9. The zero-order valence-electron chi connectivity index (χ0n) is 17.3. The van der Waals surface area contributed by atoms with Crippen LogP contribution in [0.2, 0.25) is 0 Å². The number of aliphatic hydroxyl groups is 1. The van der Waals surface area contributed by atoms with Crippen LogP contribution in [0.25, 0.3) is 0 Å². The SMILES string of the molecule is C=CCOC(=O)NCCSCC[C@H]1C(SCCC#N)=C(C(=O)O)N2C(=O)[C@H]([C@@H](C)O)[C@@H]12. The topological polar surface area (TPSA) is 140 Å². The Balaban J connectivity index is 1.99. The van der Waals surface area contributed by atoms with Gasteiger partial charge in [-0.05, 0) is 19.1 Å². The molecule has 0 aliphatic carbocycles. The molecule has 0 aromatic carbocycles. The van der Waals surface area contributed by atoms with Crippen molar-refractivity contribution >= 4 is 41.5 Å². The number of nitrogens with zero attached hydrogens (tertiary/aromatic N) is 2. The third-order valence-electron chi connectivity index (χ3n) is 5.03. The maximum Gasteiger partial charge on any atom is 0.407 e. The minimum Gasteiger partial charge on any atom is -0.477 e. The van der Waals surface area contributed by atoms with Crippen LogP contribution in [0.3, 0.4) is 0 Å². The molecule has 9 nitrogen and oxygen atoms in total. The van der Waals surface area contributed by atoms with Crippen molar-refractivity contribution in [3.8, 4) is 6.07 Å². The first kappa shape index (κ1) is 25.1. The Morgan fingerprint density at radius 2 is 2.16 bits per heavy atom. The van der Waals surface area contributed by atoms with Crippen molar-refractivity contribution in [2.75, 3.05) is 30.4 Å². The average molecular weight is 470 g/mol. The van der Waals surface area contributed by atoms with Crippen LogP contribution in [-0.2, 0) is 14.3 Å². The molecule has 2 rings (SSSR count). The molecule has 0 saturated carbocycles. The molecule has 0 aromatic rings. The van der Waals surface area contributed by atoms with Crippen LogP contribution < -0.4 is 5.32 Å². The maximum absolute atomic E-state index is 12.5. The smallest absolute Gasteiger partial charge is 0.407 e. The highest BCUT2D eigenvalue weighted by molar-refractivity contribution is 8.03. The van der Waals surface area contributed by atoms with Crippen LogP contribution in [-0.4, -0.2) is 75.6 Å².